The van der Waals surface area contributed by atoms with Gasteiger partial charge in [-0.25, -0.2) is 4.98 Å². The van der Waals surface area contributed by atoms with Crippen LogP contribution in [-0.4, -0.2) is 67.4 Å². The molecule has 25 heavy (non-hydrogen) atoms. The van der Waals surface area contributed by atoms with Gasteiger partial charge in [-0.05, 0) is 19.4 Å². The van der Waals surface area contributed by atoms with Crippen molar-refractivity contribution in [2.75, 3.05) is 19.6 Å². The maximum atomic E-state index is 12.1. The average molecular weight is 347 g/mol. The van der Waals surface area contributed by atoms with E-state index in [-0.39, 0.29) is 11.9 Å². The van der Waals surface area contributed by atoms with E-state index in [1.807, 2.05) is 24.1 Å². The molecular formula is C17H25N5O3. The van der Waals surface area contributed by atoms with E-state index in [1.165, 1.54) is 0 Å². The van der Waals surface area contributed by atoms with Gasteiger partial charge in [0.05, 0.1) is 25.4 Å². The van der Waals surface area contributed by atoms with Crippen LogP contribution in [0.15, 0.2) is 29.1 Å². The van der Waals surface area contributed by atoms with E-state index < -0.39 is 6.10 Å². The van der Waals surface area contributed by atoms with E-state index in [2.05, 4.69) is 15.0 Å². The van der Waals surface area contributed by atoms with Crippen molar-refractivity contribution in [3.8, 4) is 0 Å². The average Bonchev–Trinajstić information content (AvgIpc) is 3.27. The molecule has 1 aliphatic heterocycles. The van der Waals surface area contributed by atoms with Crippen molar-refractivity contribution >= 4 is 5.91 Å². The van der Waals surface area contributed by atoms with Gasteiger partial charge in [-0.3, -0.25) is 14.4 Å². The SMILES string of the molecule is CC(=O)N(Cc1ncc(C)o1)[C@H]1CCN(C[C@@H](O)Cn2cccn2)C1. The number of oxazole rings is 1. The van der Waals surface area contributed by atoms with Crippen LogP contribution in [0.3, 0.4) is 0 Å². The van der Waals surface area contributed by atoms with Crippen molar-refractivity contribution in [2.24, 2.45) is 0 Å². The first-order chi connectivity index (χ1) is 12.0. The molecule has 1 fully saturated rings. The number of aromatic nitrogens is 3. The van der Waals surface area contributed by atoms with Crippen LogP contribution in [-0.2, 0) is 17.9 Å². The third kappa shape index (κ3) is 4.67. The van der Waals surface area contributed by atoms with Crippen LogP contribution in [0, 0.1) is 6.92 Å². The Morgan fingerprint density at radius 3 is 3.00 bits per heavy atom. The number of nitrogens with zero attached hydrogens (tertiary/aromatic N) is 5. The lowest BCUT2D eigenvalue weighted by atomic mass is 10.2. The van der Waals surface area contributed by atoms with Crippen LogP contribution in [0.2, 0.25) is 0 Å². The third-order valence-electron chi connectivity index (χ3n) is 4.49. The molecular weight excluding hydrogens is 322 g/mol. The molecule has 0 saturated carbocycles. The van der Waals surface area contributed by atoms with E-state index >= 15 is 0 Å². The smallest absolute Gasteiger partial charge is 0.220 e. The summed E-state index contributed by atoms with van der Waals surface area (Å²) in [6, 6.07) is 1.95. The molecule has 1 amide bonds. The number of hydrogen-bond donors (Lipinski definition) is 1. The van der Waals surface area contributed by atoms with Crippen LogP contribution >= 0.6 is 0 Å². The first kappa shape index (κ1) is 17.6. The van der Waals surface area contributed by atoms with Crippen molar-refractivity contribution in [3.63, 3.8) is 0 Å². The van der Waals surface area contributed by atoms with Crippen LogP contribution in [0.4, 0.5) is 0 Å². The molecule has 2 aromatic heterocycles. The topological polar surface area (TPSA) is 87.6 Å². The molecule has 0 aliphatic carbocycles. The zero-order valence-corrected chi connectivity index (χ0v) is 14.7. The highest BCUT2D eigenvalue weighted by molar-refractivity contribution is 5.73. The number of carbonyl (C=O) groups is 1. The number of likely N-dealkylation sites (tertiary alicyclic amines) is 1. The second-order valence-electron chi connectivity index (χ2n) is 6.60. The van der Waals surface area contributed by atoms with Gasteiger partial charge < -0.3 is 14.4 Å². The van der Waals surface area contributed by atoms with Gasteiger partial charge in [0.2, 0.25) is 11.8 Å². The van der Waals surface area contributed by atoms with Gasteiger partial charge >= 0.3 is 0 Å². The van der Waals surface area contributed by atoms with Gasteiger partial charge in [-0.2, -0.15) is 5.10 Å². The second-order valence-corrected chi connectivity index (χ2v) is 6.60. The van der Waals surface area contributed by atoms with E-state index in [1.54, 1.807) is 24.0 Å². The van der Waals surface area contributed by atoms with Crippen LogP contribution in [0.1, 0.15) is 25.0 Å². The molecule has 2 aromatic rings. The summed E-state index contributed by atoms with van der Waals surface area (Å²) in [5.41, 5.74) is 0. The molecule has 1 aliphatic rings. The summed E-state index contributed by atoms with van der Waals surface area (Å²) >= 11 is 0. The van der Waals surface area contributed by atoms with Gasteiger partial charge in [0, 0.05) is 45.0 Å². The number of carbonyl (C=O) groups excluding carboxylic acids is 1. The summed E-state index contributed by atoms with van der Waals surface area (Å²) in [5.74, 6) is 1.32. The number of amides is 1. The Morgan fingerprint density at radius 2 is 2.36 bits per heavy atom. The zero-order chi connectivity index (χ0) is 17.8. The second kappa shape index (κ2) is 7.79. The molecule has 8 nitrogen and oxygen atoms in total. The minimum Gasteiger partial charge on any atom is -0.444 e. The highest BCUT2D eigenvalue weighted by Crippen LogP contribution is 2.19. The monoisotopic (exact) mass is 347 g/mol. The standard InChI is InChI=1S/C17H25N5O3/c1-13-8-18-17(25-13)12-22(14(2)23)15-4-7-20(9-15)10-16(24)11-21-6-3-5-19-21/h3,5-6,8,15-16,24H,4,7,9-12H2,1-2H3/t15-,16+/m0/s1. The number of β-amino-alcohol motifs (C(OH)–C–C–N with tert-alkyl or cyclic N) is 1. The first-order valence-electron chi connectivity index (χ1n) is 8.57. The highest BCUT2D eigenvalue weighted by atomic mass is 16.4. The largest absolute Gasteiger partial charge is 0.444 e. The lowest BCUT2D eigenvalue weighted by molar-refractivity contribution is -0.132. The maximum absolute atomic E-state index is 12.1. The molecule has 0 spiro atoms. The Balaban J connectivity index is 1.53. The van der Waals surface area contributed by atoms with Gasteiger partial charge in [-0.1, -0.05) is 0 Å². The van der Waals surface area contributed by atoms with Crippen LogP contribution in [0.5, 0.6) is 0 Å². The Bertz CT molecular complexity index is 684. The summed E-state index contributed by atoms with van der Waals surface area (Å²) in [7, 11) is 0. The minimum atomic E-state index is -0.487. The van der Waals surface area contributed by atoms with Gasteiger partial charge in [-0.15, -0.1) is 0 Å². The van der Waals surface area contributed by atoms with Crippen molar-refractivity contribution in [1.82, 2.24) is 24.6 Å². The van der Waals surface area contributed by atoms with E-state index in [4.69, 9.17) is 4.42 Å². The summed E-state index contributed by atoms with van der Waals surface area (Å²) in [4.78, 5) is 20.3. The van der Waals surface area contributed by atoms with E-state index in [0.717, 1.165) is 25.3 Å². The molecule has 3 rings (SSSR count). The Hall–Kier alpha value is -2.19. The molecule has 8 heteroatoms. The van der Waals surface area contributed by atoms with Crippen molar-refractivity contribution in [3.05, 3.63) is 36.3 Å². The number of rotatable bonds is 7. The van der Waals surface area contributed by atoms with Gasteiger partial charge in [0.15, 0.2) is 0 Å². The molecule has 0 bridgehead atoms. The summed E-state index contributed by atoms with van der Waals surface area (Å²) < 4.78 is 7.23. The Kier molecular flexibility index (Phi) is 5.50. The Labute approximate surface area is 147 Å². The minimum absolute atomic E-state index is 0.0137. The molecule has 0 aromatic carbocycles. The molecule has 0 unspecified atom stereocenters. The summed E-state index contributed by atoms with van der Waals surface area (Å²) in [5, 5.41) is 14.4. The fourth-order valence-electron chi connectivity index (χ4n) is 3.33. The molecule has 1 N–H and O–H groups in total. The molecule has 3 heterocycles. The summed E-state index contributed by atoms with van der Waals surface area (Å²) in [6.45, 7) is 6.44. The third-order valence-corrected chi connectivity index (χ3v) is 4.49. The fourth-order valence-corrected chi connectivity index (χ4v) is 3.33. The first-order valence-corrected chi connectivity index (χ1v) is 8.57. The maximum Gasteiger partial charge on any atom is 0.220 e. The molecule has 0 radical (unpaired) electrons. The molecule has 2 atom stereocenters. The lowest BCUT2D eigenvalue weighted by Crippen LogP contribution is -2.41. The predicted octanol–water partition coefficient (Wildman–Crippen LogP) is 0.663. The summed E-state index contributed by atoms with van der Waals surface area (Å²) in [6.07, 6.45) is 5.60. The highest BCUT2D eigenvalue weighted by Gasteiger charge is 2.31. The quantitative estimate of drug-likeness (QED) is 0.792. The van der Waals surface area contributed by atoms with Crippen LogP contribution < -0.4 is 0 Å². The number of aliphatic hydroxyl groups excluding tert-OH is 1. The zero-order valence-electron chi connectivity index (χ0n) is 14.7. The van der Waals surface area contributed by atoms with Gasteiger partial charge in [0.25, 0.3) is 0 Å². The van der Waals surface area contributed by atoms with Gasteiger partial charge in [0.1, 0.15) is 5.76 Å². The van der Waals surface area contributed by atoms with E-state index in [9.17, 15) is 9.90 Å². The van der Waals surface area contributed by atoms with Crippen molar-refractivity contribution in [2.45, 2.75) is 45.5 Å². The number of hydrogen-bond acceptors (Lipinski definition) is 6. The predicted molar refractivity (Wildman–Crippen MR) is 90.5 cm³/mol. The fraction of sp³-hybridized carbons (Fsp3) is 0.588. The van der Waals surface area contributed by atoms with Crippen molar-refractivity contribution < 1.29 is 14.3 Å². The van der Waals surface area contributed by atoms with Crippen molar-refractivity contribution in [1.29, 1.82) is 0 Å². The molecule has 1 saturated heterocycles. The number of aryl methyl sites for hydroxylation is 1. The Morgan fingerprint density at radius 1 is 1.52 bits per heavy atom. The van der Waals surface area contributed by atoms with E-state index in [0.29, 0.717) is 25.5 Å². The van der Waals surface area contributed by atoms with Crippen LogP contribution in [0.25, 0.3) is 0 Å². The normalized spacial score (nSPS) is 19.2. The number of aliphatic hydroxyl groups is 1. The lowest BCUT2D eigenvalue weighted by Gasteiger charge is -2.27. The molecule has 136 valence electrons.